The van der Waals surface area contributed by atoms with E-state index in [1.165, 1.54) is 0 Å². The molecule has 0 atom stereocenters. The Kier molecular flexibility index (Phi) is 5.20. The van der Waals surface area contributed by atoms with E-state index < -0.39 is 11.6 Å². The van der Waals surface area contributed by atoms with Crippen LogP contribution in [-0.2, 0) is 11.2 Å². The summed E-state index contributed by atoms with van der Waals surface area (Å²) in [6.07, 6.45) is 2.38. The number of carbonyl (C=O) groups excluding carboxylic acids is 1. The molecule has 0 unspecified atom stereocenters. The number of anilines is 4. The molecule has 1 N–H and O–H groups in total. The van der Waals surface area contributed by atoms with E-state index in [2.05, 4.69) is 25.5 Å². The highest BCUT2D eigenvalue weighted by atomic mass is 32.1. The topological polar surface area (TPSA) is 93.1 Å². The number of benzene rings is 1. The molecule has 0 spiro atoms. The monoisotopic (exact) mass is 460 g/mol. The number of hydrogen-bond acceptors (Lipinski definition) is 9. The van der Waals surface area contributed by atoms with E-state index in [-0.39, 0.29) is 5.69 Å². The molecule has 33 heavy (non-hydrogen) atoms. The quantitative estimate of drug-likeness (QED) is 0.416. The molecule has 0 saturated heterocycles. The lowest BCUT2D eigenvalue weighted by molar-refractivity contribution is 0.00638. The van der Waals surface area contributed by atoms with Crippen LogP contribution in [0.4, 0.5) is 22.5 Å². The lowest BCUT2D eigenvalue weighted by Gasteiger charge is -2.23. The fourth-order valence-corrected chi connectivity index (χ4v) is 4.73. The number of thiazole rings is 1. The van der Waals surface area contributed by atoms with Crippen molar-refractivity contribution in [2.45, 2.75) is 39.7 Å². The Morgan fingerprint density at radius 3 is 2.76 bits per heavy atom. The van der Waals surface area contributed by atoms with Gasteiger partial charge in [0.05, 0.1) is 15.9 Å². The summed E-state index contributed by atoms with van der Waals surface area (Å²) in [5.74, 6) is 0.971. The molecule has 1 aliphatic rings. The van der Waals surface area contributed by atoms with Crippen LogP contribution < -0.4 is 10.2 Å². The number of hydrogen-bond donors (Lipinski definition) is 1. The summed E-state index contributed by atoms with van der Waals surface area (Å²) in [5, 5.41) is 13.1. The molecule has 0 saturated carbocycles. The highest BCUT2D eigenvalue weighted by molar-refractivity contribution is 7.22. The minimum Gasteiger partial charge on any atom is -0.455 e. The second-order valence-electron chi connectivity index (χ2n) is 8.86. The van der Waals surface area contributed by atoms with Crippen molar-refractivity contribution >= 4 is 50.0 Å². The van der Waals surface area contributed by atoms with Crippen molar-refractivity contribution in [2.75, 3.05) is 16.8 Å². The smallest absolute Gasteiger partial charge is 0.359 e. The predicted molar refractivity (Wildman–Crippen MR) is 130 cm³/mol. The van der Waals surface area contributed by atoms with Gasteiger partial charge in [-0.15, -0.1) is 10.2 Å². The molecule has 0 fully saturated rings. The summed E-state index contributed by atoms with van der Waals surface area (Å²) in [6.45, 7) is 8.23. The number of nitrogens with zero attached hydrogens (tertiary/aromatic N) is 5. The maximum atomic E-state index is 12.8. The molecule has 0 amide bonds. The zero-order valence-electron chi connectivity index (χ0n) is 18.9. The second kappa shape index (κ2) is 8.08. The lowest BCUT2D eigenvalue weighted by atomic mass is 10.1. The summed E-state index contributed by atoms with van der Waals surface area (Å²) in [5.41, 5.74) is 3.40. The van der Waals surface area contributed by atoms with Crippen molar-refractivity contribution in [3.05, 3.63) is 59.4 Å². The molecule has 8 nitrogen and oxygen atoms in total. The Bertz CT molecular complexity index is 1330. The van der Waals surface area contributed by atoms with Crippen molar-refractivity contribution in [2.24, 2.45) is 0 Å². The van der Waals surface area contributed by atoms with Crippen LogP contribution in [0.2, 0.25) is 0 Å². The SMILES string of the molecule is Cc1c(Nc2nc3ccccc3s2)nnc2c1CCN2c1cccnc1C(=O)OC(C)(C)C. The van der Waals surface area contributed by atoms with Crippen LogP contribution in [0, 0.1) is 6.92 Å². The second-order valence-corrected chi connectivity index (χ2v) is 9.89. The van der Waals surface area contributed by atoms with E-state index >= 15 is 0 Å². The zero-order chi connectivity index (χ0) is 23.2. The van der Waals surface area contributed by atoms with E-state index in [4.69, 9.17) is 4.74 Å². The number of rotatable bonds is 4. The molecule has 3 aromatic heterocycles. The third-order valence-electron chi connectivity index (χ3n) is 5.35. The standard InChI is InChI=1S/C24H24N6O2S/c1-14-15-11-13-30(17-9-7-12-25-19(17)22(31)32-24(2,3)4)21(15)29-28-20(14)27-23-26-16-8-5-6-10-18(16)33-23/h5-10,12H,11,13H2,1-4H3,(H,26,27,28). The van der Waals surface area contributed by atoms with Crippen molar-refractivity contribution in [1.82, 2.24) is 20.2 Å². The third-order valence-corrected chi connectivity index (χ3v) is 6.30. The Morgan fingerprint density at radius 1 is 1.15 bits per heavy atom. The van der Waals surface area contributed by atoms with E-state index in [0.29, 0.717) is 18.1 Å². The van der Waals surface area contributed by atoms with Gasteiger partial charge in [-0.1, -0.05) is 23.5 Å². The molecule has 1 aliphatic heterocycles. The number of ether oxygens (including phenoxy) is 1. The third kappa shape index (κ3) is 4.11. The molecule has 4 aromatic rings. The number of esters is 1. The Hall–Kier alpha value is -3.59. The number of pyridine rings is 1. The molecule has 0 radical (unpaired) electrons. The van der Waals surface area contributed by atoms with Gasteiger partial charge in [0.1, 0.15) is 5.60 Å². The van der Waals surface area contributed by atoms with Gasteiger partial charge in [0.2, 0.25) is 0 Å². The summed E-state index contributed by atoms with van der Waals surface area (Å²) < 4.78 is 6.68. The van der Waals surface area contributed by atoms with E-state index in [0.717, 1.165) is 38.7 Å². The lowest BCUT2D eigenvalue weighted by Crippen LogP contribution is -2.26. The van der Waals surface area contributed by atoms with Gasteiger partial charge < -0.3 is 15.0 Å². The molecule has 0 aliphatic carbocycles. The van der Waals surface area contributed by atoms with Gasteiger partial charge in [0, 0.05) is 23.9 Å². The largest absolute Gasteiger partial charge is 0.455 e. The van der Waals surface area contributed by atoms with Crippen LogP contribution in [0.25, 0.3) is 10.2 Å². The molecule has 9 heteroatoms. The van der Waals surface area contributed by atoms with Gasteiger partial charge in [0.25, 0.3) is 0 Å². The predicted octanol–water partition coefficient (Wildman–Crippen LogP) is 5.18. The van der Waals surface area contributed by atoms with Crippen LogP contribution in [0.1, 0.15) is 42.4 Å². The maximum Gasteiger partial charge on any atom is 0.359 e. The molecular formula is C24H24N6O2S. The van der Waals surface area contributed by atoms with Crippen molar-refractivity contribution in [1.29, 1.82) is 0 Å². The Balaban J connectivity index is 1.46. The maximum absolute atomic E-state index is 12.8. The van der Waals surface area contributed by atoms with E-state index in [9.17, 15) is 4.79 Å². The van der Waals surface area contributed by atoms with Gasteiger partial charge in [-0.2, -0.15) is 0 Å². The first-order valence-electron chi connectivity index (χ1n) is 10.7. The summed E-state index contributed by atoms with van der Waals surface area (Å²) in [6, 6.07) is 11.7. The molecule has 4 heterocycles. The highest BCUT2D eigenvalue weighted by Gasteiger charge is 2.31. The number of para-hydroxylation sites is 1. The number of nitrogens with one attached hydrogen (secondary N) is 1. The molecule has 168 valence electrons. The minimum atomic E-state index is -0.605. The number of carbonyl (C=O) groups is 1. The van der Waals surface area contributed by atoms with Gasteiger partial charge in [0.15, 0.2) is 22.5 Å². The summed E-state index contributed by atoms with van der Waals surface area (Å²) in [4.78, 5) is 23.7. The normalized spacial score (nSPS) is 13.3. The van der Waals surface area contributed by atoms with Gasteiger partial charge >= 0.3 is 5.97 Å². The van der Waals surface area contributed by atoms with Crippen LogP contribution in [0.5, 0.6) is 0 Å². The minimum absolute atomic E-state index is 0.274. The summed E-state index contributed by atoms with van der Waals surface area (Å²) >= 11 is 1.58. The van der Waals surface area contributed by atoms with Crippen LogP contribution >= 0.6 is 11.3 Å². The van der Waals surface area contributed by atoms with Crippen molar-refractivity contribution in [3.8, 4) is 0 Å². The van der Waals surface area contributed by atoms with Crippen LogP contribution in [0.3, 0.4) is 0 Å². The molecule has 5 rings (SSSR count). The zero-order valence-corrected chi connectivity index (χ0v) is 19.7. The average molecular weight is 461 g/mol. The molecular weight excluding hydrogens is 436 g/mol. The number of fused-ring (bicyclic) bond motifs is 2. The van der Waals surface area contributed by atoms with Gasteiger partial charge in [-0.25, -0.2) is 14.8 Å². The average Bonchev–Trinajstić information content (AvgIpc) is 3.38. The van der Waals surface area contributed by atoms with Crippen molar-refractivity contribution in [3.63, 3.8) is 0 Å². The van der Waals surface area contributed by atoms with Gasteiger partial charge in [-0.3, -0.25) is 0 Å². The first kappa shape index (κ1) is 21.3. The van der Waals surface area contributed by atoms with E-state index in [1.807, 2.05) is 69.0 Å². The Labute approximate surface area is 195 Å². The van der Waals surface area contributed by atoms with Crippen LogP contribution in [-0.4, -0.2) is 38.3 Å². The van der Waals surface area contributed by atoms with Gasteiger partial charge in [-0.05, 0) is 58.4 Å². The number of aromatic nitrogens is 4. The highest BCUT2D eigenvalue weighted by Crippen LogP contribution is 2.38. The van der Waals surface area contributed by atoms with E-state index in [1.54, 1.807) is 17.5 Å². The van der Waals surface area contributed by atoms with Crippen LogP contribution in [0.15, 0.2) is 42.6 Å². The fourth-order valence-electron chi connectivity index (χ4n) is 3.87. The summed E-state index contributed by atoms with van der Waals surface area (Å²) in [7, 11) is 0. The fraction of sp³-hybridized carbons (Fsp3) is 0.292. The first-order valence-corrected chi connectivity index (χ1v) is 11.6. The first-order chi connectivity index (χ1) is 15.8. The molecule has 1 aromatic carbocycles. The Morgan fingerprint density at radius 2 is 1.97 bits per heavy atom. The van der Waals surface area contributed by atoms with Crippen molar-refractivity contribution < 1.29 is 9.53 Å². The molecule has 0 bridgehead atoms.